The Morgan fingerprint density at radius 3 is 1.43 bits per heavy atom. The van der Waals surface area contributed by atoms with Gasteiger partial charge in [-0.25, -0.2) is 0 Å². The van der Waals surface area contributed by atoms with Crippen LogP contribution in [0.4, 0.5) is 0 Å². The number of carbonyl (C=O) groups excluding carboxylic acids is 2. The van der Waals surface area contributed by atoms with Gasteiger partial charge in [0.2, 0.25) is 0 Å². The van der Waals surface area contributed by atoms with Crippen LogP contribution in [0.1, 0.15) is 53.4 Å². The topological polar surface area (TPSA) is 71.1 Å². The summed E-state index contributed by atoms with van der Waals surface area (Å²) in [4.78, 5) is 21.7. The predicted octanol–water partition coefficient (Wildman–Crippen LogP) is 4.11. The van der Waals surface area contributed by atoms with Crippen molar-refractivity contribution in [2.24, 2.45) is 11.8 Å². The first-order valence-corrected chi connectivity index (χ1v) is 12.1. The molecule has 0 aromatic heterocycles. The fraction of sp³-hybridized carbons (Fsp3) is 0.900. The van der Waals surface area contributed by atoms with Gasteiger partial charge in [-0.2, -0.15) is 0 Å². The van der Waals surface area contributed by atoms with Gasteiger partial charge in [-0.05, 0) is 51.4 Å². The lowest BCUT2D eigenvalue weighted by Crippen LogP contribution is -2.26. The van der Waals surface area contributed by atoms with E-state index < -0.39 is 0 Å². The summed E-state index contributed by atoms with van der Waals surface area (Å²) in [5.74, 6) is 2.50. The van der Waals surface area contributed by atoms with E-state index in [1.807, 2.05) is 13.8 Å². The summed E-state index contributed by atoms with van der Waals surface area (Å²) < 4.78 is 22.7. The van der Waals surface area contributed by atoms with Crippen LogP contribution in [0.3, 0.4) is 0 Å². The van der Waals surface area contributed by atoms with E-state index in [-0.39, 0.29) is 22.8 Å². The average molecular weight is 437 g/mol. The molecule has 0 aromatic rings. The largest absolute Gasteiger partial charge is 0.353 e. The Morgan fingerprint density at radius 2 is 1.11 bits per heavy atom. The lowest BCUT2D eigenvalue weighted by Gasteiger charge is -2.29. The van der Waals surface area contributed by atoms with Crippen LogP contribution >= 0.6 is 23.5 Å². The van der Waals surface area contributed by atoms with Crippen LogP contribution in [0.15, 0.2) is 0 Å². The molecule has 1 rings (SSSR count). The fourth-order valence-electron chi connectivity index (χ4n) is 3.00. The van der Waals surface area contributed by atoms with Crippen molar-refractivity contribution in [2.75, 3.05) is 37.9 Å². The normalized spacial score (nSPS) is 22.0. The van der Waals surface area contributed by atoms with Gasteiger partial charge in [0.05, 0.1) is 26.4 Å². The van der Waals surface area contributed by atoms with E-state index in [9.17, 15) is 9.59 Å². The zero-order valence-electron chi connectivity index (χ0n) is 17.6. The number of carbonyl (C=O) groups is 2. The van der Waals surface area contributed by atoms with Crippen LogP contribution in [-0.2, 0) is 28.5 Å². The quantitative estimate of drug-likeness (QED) is 0.298. The van der Waals surface area contributed by atoms with Gasteiger partial charge in [0, 0.05) is 25.4 Å². The molecule has 8 heteroatoms. The van der Waals surface area contributed by atoms with Crippen molar-refractivity contribution in [3.05, 3.63) is 0 Å². The highest BCUT2D eigenvalue weighted by molar-refractivity contribution is 8.13. The molecule has 0 amide bonds. The van der Waals surface area contributed by atoms with E-state index in [1.54, 1.807) is 13.8 Å². The summed E-state index contributed by atoms with van der Waals surface area (Å²) in [6.07, 6.45) is 4.12. The number of hydrogen-bond donors (Lipinski definition) is 0. The summed E-state index contributed by atoms with van der Waals surface area (Å²) in [5, 5.41) is 0.233. The molecule has 0 N–H and O–H groups in total. The van der Waals surface area contributed by atoms with Gasteiger partial charge < -0.3 is 18.9 Å². The van der Waals surface area contributed by atoms with Crippen LogP contribution in [0, 0.1) is 11.8 Å². The zero-order chi connectivity index (χ0) is 20.8. The smallest absolute Gasteiger partial charge is 0.185 e. The van der Waals surface area contributed by atoms with Crippen molar-refractivity contribution in [1.82, 2.24) is 0 Å². The molecular formula is C20H36O6S2. The molecule has 164 valence electrons. The van der Waals surface area contributed by atoms with Crippen LogP contribution < -0.4 is 0 Å². The van der Waals surface area contributed by atoms with Gasteiger partial charge in [0.15, 0.2) is 22.8 Å². The lowest BCUT2D eigenvalue weighted by atomic mass is 9.83. The van der Waals surface area contributed by atoms with E-state index in [1.165, 1.54) is 23.5 Å². The molecule has 0 saturated heterocycles. The van der Waals surface area contributed by atoms with E-state index >= 15 is 0 Å². The van der Waals surface area contributed by atoms with Gasteiger partial charge in [-0.1, -0.05) is 23.5 Å². The number of ether oxygens (including phenoxy) is 4. The highest BCUT2D eigenvalue weighted by Gasteiger charge is 2.22. The van der Waals surface area contributed by atoms with Crippen molar-refractivity contribution in [1.29, 1.82) is 0 Å². The molecule has 1 fully saturated rings. The third-order valence-corrected chi connectivity index (χ3v) is 6.14. The third-order valence-electron chi connectivity index (χ3n) is 4.58. The van der Waals surface area contributed by atoms with E-state index in [0.717, 1.165) is 38.9 Å². The monoisotopic (exact) mass is 436 g/mol. The molecule has 1 aliphatic rings. The summed E-state index contributed by atoms with van der Waals surface area (Å²) in [5.41, 5.74) is 0. The molecular weight excluding hydrogens is 400 g/mol. The molecule has 0 heterocycles. The maximum absolute atomic E-state index is 10.9. The second-order valence-electron chi connectivity index (χ2n) is 7.11. The number of rotatable bonds is 14. The standard InChI is InChI=1S/C20H36O6S2/c1-15(21)27-11-9-23-17(3)25-13-19-5-7-20(8-6-19)14-26-18(4)24-10-12-28-16(2)22/h17-20H,5-14H2,1-4H3. The Hall–Kier alpha value is -0.120. The minimum absolute atomic E-state index is 0.117. The molecule has 0 aliphatic heterocycles. The highest BCUT2D eigenvalue weighted by Crippen LogP contribution is 2.29. The summed E-state index contributed by atoms with van der Waals surface area (Å²) >= 11 is 2.56. The highest BCUT2D eigenvalue weighted by atomic mass is 32.2. The fourth-order valence-corrected chi connectivity index (χ4v) is 3.94. The maximum atomic E-state index is 10.9. The summed E-state index contributed by atoms with van der Waals surface area (Å²) in [6.45, 7) is 9.46. The Labute approximate surface area is 178 Å². The van der Waals surface area contributed by atoms with Crippen LogP contribution in [0.25, 0.3) is 0 Å². The molecule has 28 heavy (non-hydrogen) atoms. The van der Waals surface area contributed by atoms with E-state index in [4.69, 9.17) is 18.9 Å². The SMILES string of the molecule is CC(=O)SCCOC(C)OCC1CCC(COC(C)OCCSC(C)=O)CC1. The molecule has 1 saturated carbocycles. The molecule has 6 nitrogen and oxygen atoms in total. The zero-order valence-corrected chi connectivity index (χ0v) is 19.3. The van der Waals surface area contributed by atoms with Crippen molar-refractivity contribution in [3.63, 3.8) is 0 Å². The van der Waals surface area contributed by atoms with Crippen molar-refractivity contribution < 1.29 is 28.5 Å². The molecule has 2 atom stereocenters. The van der Waals surface area contributed by atoms with Gasteiger partial charge in [-0.3, -0.25) is 9.59 Å². The molecule has 1 aliphatic carbocycles. The molecule has 0 bridgehead atoms. The maximum Gasteiger partial charge on any atom is 0.185 e. The third kappa shape index (κ3) is 14.0. The second kappa shape index (κ2) is 15.7. The van der Waals surface area contributed by atoms with Crippen LogP contribution in [0.5, 0.6) is 0 Å². The molecule has 0 aromatic carbocycles. The summed E-state index contributed by atoms with van der Waals surface area (Å²) in [6, 6.07) is 0. The Morgan fingerprint density at radius 1 is 0.750 bits per heavy atom. The van der Waals surface area contributed by atoms with Gasteiger partial charge in [0.1, 0.15) is 0 Å². The van der Waals surface area contributed by atoms with E-state index in [2.05, 4.69) is 0 Å². The number of thioether (sulfide) groups is 2. The first kappa shape index (κ1) is 25.9. The van der Waals surface area contributed by atoms with Gasteiger partial charge >= 0.3 is 0 Å². The summed E-state index contributed by atoms with van der Waals surface area (Å²) in [7, 11) is 0. The second-order valence-corrected chi connectivity index (χ2v) is 9.65. The minimum atomic E-state index is -0.229. The first-order chi connectivity index (χ1) is 13.4. The Bertz CT molecular complexity index is 400. The predicted molar refractivity (Wildman–Crippen MR) is 114 cm³/mol. The van der Waals surface area contributed by atoms with E-state index in [0.29, 0.717) is 36.6 Å². The molecule has 2 unspecified atom stereocenters. The van der Waals surface area contributed by atoms with Crippen LogP contribution in [0.2, 0.25) is 0 Å². The molecule has 0 radical (unpaired) electrons. The Kier molecular flexibility index (Phi) is 14.5. The lowest BCUT2D eigenvalue weighted by molar-refractivity contribution is -0.144. The van der Waals surface area contributed by atoms with Crippen molar-refractivity contribution in [2.45, 2.75) is 66.0 Å². The van der Waals surface area contributed by atoms with Crippen LogP contribution in [-0.4, -0.2) is 60.7 Å². The number of hydrogen-bond acceptors (Lipinski definition) is 8. The Balaban J connectivity index is 2.02. The van der Waals surface area contributed by atoms with Crippen molar-refractivity contribution in [3.8, 4) is 0 Å². The minimum Gasteiger partial charge on any atom is -0.353 e. The van der Waals surface area contributed by atoms with Gasteiger partial charge in [0.25, 0.3) is 0 Å². The average Bonchev–Trinajstić information content (AvgIpc) is 2.66. The first-order valence-electron chi connectivity index (χ1n) is 10.1. The van der Waals surface area contributed by atoms with Gasteiger partial charge in [-0.15, -0.1) is 0 Å². The molecule has 0 spiro atoms. The van der Waals surface area contributed by atoms with Crippen molar-refractivity contribution >= 4 is 33.8 Å².